The molecular weight excluding hydrogens is 419 g/mol. The van der Waals surface area contributed by atoms with Crippen molar-refractivity contribution in [2.45, 2.75) is 12.2 Å². The number of aromatic amines is 1. The summed E-state index contributed by atoms with van der Waals surface area (Å²) in [6.45, 7) is 0. The van der Waals surface area contributed by atoms with E-state index < -0.39 is 17.8 Å². The quantitative estimate of drug-likeness (QED) is 0.348. The number of hydrogen-bond donors (Lipinski definition) is 2. The highest BCUT2D eigenvalue weighted by molar-refractivity contribution is 5.53. The lowest BCUT2D eigenvalue weighted by Crippen LogP contribution is -2.18. The number of alkyl halides is 3. The van der Waals surface area contributed by atoms with Gasteiger partial charge in [0.2, 0.25) is 0 Å². The summed E-state index contributed by atoms with van der Waals surface area (Å²) in [5.74, 6) is 1.72. The van der Waals surface area contributed by atoms with Gasteiger partial charge in [-0.2, -0.15) is 18.3 Å². The van der Waals surface area contributed by atoms with Crippen molar-refractivity contribution < 1.29 is 22.6 Å². The van der Waals surface area contributed by atoms with Crippen LogP contribution < -0.4 is 14.8 Å². The number of para-hydroxylation sites is 2. The van der Waals surface area contributed by atoms with Crippen molar-refractivity contribution in [2.24, 2.45) is 0 Å². The molecule has 1 unspecified atom stereocenters. The lowest BCUT2D eigenvalue weighted by atomic mass is 9.95. The van der Waals surface area contributed by atoms with Crippen LogP contribution in [-0.4, -0.2) is 17.3 Å². The molecule has 2 N–H and O–H groups in total. The van der Waals surface area contributed by atoms with Crippen LogP contribution in [0, 0.1) is 0 Å². The lowest BCUT2D eigenvalue weighted by Gasteiger charge is -2.23. The Hall–Kier alpha value is -3.94. The fourth-order valence-corrected chi connectivity index (χ4v) is 3.38. The molecule has 0 bridgehead atoms. The number of H-pyrrole nitrogens is 1. The molecule has 0 aliphatic heterocycles. The van der Waals surface area contributed by atoms with Gasteiger partial charge in [-0.25, -0.2) is 0 Å². The summed E-state index contributed by atoms with van der Waals surface area (Å²) in [6, 6.07) is 19.0. The first-order valence-corrected chi connectivity index (χ1v) is 9.78. The van der Waals surface area contributed by atoms with Gasteiger partial charge in [0.05, 0.1) is 24.9 Å². The van der Waals surface area contributed by atoms with Crippen molar-refractivity contribution in [3.8, 4) is 17.2 Å². The molecule has 0 saturated carbocycles. The number of ether oxygens (including phenoxy) is 2. The summed E-state index contributed by atoms with van der Waals surface area (Å²) in [6.07, 6.45) is -1.40. The van der Waals surface area contributed by atoms with Gasteiger partial charge < -0.3 is 14.8 Å². The average Bonchev–Trinajstić information content (AvgIpc) is 3.33. The SMILES string of the molecule is COc1ccccc1Oc1ccc(NC(c2cn[nH]c2)c2ccccc2C(F)(F)F)cc1. The van der Waals surface area contributed by atoms with E-state index in [0.717, 1.165) is 6.07 Å². The lowest BCUT2D eigenvalue weighted by molar-refractivity contribution is -0.138. The second-order valence-corrected chi connectivity index (χ2v) is 6.97. The minimum atomic E-state index is -4.48. The number of methoxy groups -OCH3 is 1. The molecule has 0 aliphatic rings. The highest BCUT2D eigenvalue weighted by Gasteiger charge is 2.35. The molecule has 0 radical (unpaired) electrons. The maximum absolute atomic E-state index is 13.6. The van der Waals surface area contributed by atoms with Crippen LogP contribution in [0.5, 0.6) is 17.2 Å². The van der Waals surface area contributed by atoms with E-state index in [9.17, 15) is 13.2 Å². The van der Waals surface area contributed by atoms with Crippen molar-refractivity contribution in [2.75, 3.05) is 12.4 Å². The molecule has 0 spiro atoms. The number of halogens is 3. The van der Waals surface area contributed by atoms with Crippen LogP contribution in [0.4, 0.5) is 18.9 Å². The van der Waals surface area contributed by atoms with Gasteiger partial charge in [-0.05, 0) is 48.0 Å². The van der Waals surface area contributed by atoms with Crippen LogP contribution in [0.2, 0.25) is 0 Å². The van der Waals surface area contributed by atoms with E-state index in [0.29, 0.717) is 28.5 Å². The monoisotopic (exact) mass is 439 g/mol. The van der Waals surface area contributed by atoms with Gasteiger partial charge in [0.25, 0.3) is 0 Å². The zero-order valence-corrected chi connectivity index (χ0v) is 17.1. The van der Waals surface area contributed by atoms with Gasteiger partial charge in [0, 0.05) is 17.4 Å². The highest BCUT2D eigenvalue weighted by Crippen LogP contribution is 2.38. The maximum Gasteiger partial charge on any atom is 0.416 e. The highest BCUT2D eigenvalue weighted by atomic mass is 19.4. The first-order valence-electron chi connectivity index (χ1n) is 9.78. The summed E-state index contributed by atoms with van der Waals surface area (Å²) < 4.78 is 52.0. The molecule has 164 valence electrons. The summed E-state index contributed by atoms with van der Waals surface area (Å²) in [5.41, 5.74) is 0.613. The fraction of sp³-hybridized carbons (Fsp3) is 0.125. The molecular formula is C24H20F3N3O2. The van der Waals surface area contributed by atoms with Crippen LogP contribution in [0.1, 0.15) is 22.7 Å². The molecule has 4 rings (SSSR count). The zero-order chi connectivity index (χ0) is 22.6. The van der Waals surface area contributed by atoms with Gasteiger partial charge in [-0.15, -0.1) is 0 Å². The Kier molecular flexibility index (Phi) is 6.02. The number of anilines is 1. The minimum Gasteiger partial charge on any atom is -0.493 e. The molecule has 0 aliphatic carbocycles. The van der Waals surface area contributed by atoms with Crippen LogP contribution in [0.15, 0.2) is 85.2 Å². The third-order valence-electron chi connectivity index (χ3n) is 4.89. The van der Waals surface area contributed by atoms with Crippen LogP contribution in [0.3, 0.4) is 0 Å². The Morgan fingerprint density at radius 2 is 1.59 bits per heavy atom. The first kappa shape index (κ1) is 21.3. The number of benzene rings is 3. The van der Waals surface area contributed by atoms with Crippen molar-refractivity contribution >= 4 is 5.69 Å². The summed E-state index contributed by atoms with van der Waals surface area (Å²) in [7, 11) is 1.56. The Bertz CT molecular complexity index is 1160. The maximum atomic E-state index is 13.6. The molecule has 1 aromatic heterocycles. The van der Waals surface area contributed by atoms with E-state index >= 15 is 0 Å². The average molecular weight is 439 g/mol. The van der Waals surface area contributed by atoms with Gasteiger partial charge in [0.1, 0.15) is 5.75 Å². The van der Waals surface area contributed by atoms with Crippen molar-refractivity contribution in [1.82, 2.24) is 10.2 Å². The van der Waals surface area contributed by atoms with E-state index in [1.807, 2.05) is 12.1 Å². The Labute approximate surface area is 182 Å². The van der Waals surface area contributed by atoms with E-state index in [2.05, 4.69) is 15.5 Å². The summed E-state index contributed by atoms with van der Waals surface area (Å²) >= 11 is 0. The van der Waals surface area contributed by atoms with E-state index in [1.165, 1.54) is 18.3 Å². The third kappa shape index (κ3) is 4.69. The Morgan fingerprint density at radius 3 is 2.25 bits per heavy atom. The topological polar surface area (TPSA) is 59.2 Å². The van der Waals surface area contributed by atoms with Crippen LogP contribution >= 0.6 is 0 Å². The second-order valence-electron chi connectivity index (χ2n) is 6.97. The molecule has 1 heterocycles. The number of aromatic nitrogens is 2. The summed E-state index contributed by atoms with van der Waals surface area (Å²) in [5, 5.41) is 9.75. The van der Waals surface area contributed by atoms with Crippen molar-refractivity contribution in [3.63, 3.8) is 0 Å². The van der Waals surface area contributed by atoms with Crippen LogP contribution in [-0.2, 0) is 6.18 Å². The summed E-state index contributed by atoms with van der Waals surface area (Å²) in [4.78, 5) is 0. The molecule has 3 aromatic carbocycles. The zero-order valence-electron chi connectivity index (χ0n) is 17.1. The predicted octanol–water partition coefficient (Wildman–Crippen LogP) is 6.43. The van der Waals surface area contributed by atoms with Crippen molar-refractivity contribution in [1.29, 1.82) is 0 Å². The largest absolute Gasteiger partial charge is 0.493 e. The molecule has 0 saturated heterocycles. The molecule has 0 fully saturated rings. The second kappa shape index (κ2) is 9.05. The minimum absolute atomic E-state index is 0.107. The first-order chi connectivity index (χ1) is 15.5. The smallest absolute Gasteiger partial charge is 0.416 e. The molecule has 0 amide bonds. The van der Waals surface area contributed by atoms with Crippen molar-refractivity contribution in [3.05, 3.63) is 102 Å². The van der Waals surface area contributed by atoms with E-state index in [4.69, 9.17) is 9.47 Å². The standard InChI is InChI=1S/C24H20F3N3O2/c1-31-21-8-4-5-9-22(21)32-18-12-10-17(11-13-18)30-23(16-14-28-29-15-16)19-6-2-3-7-20(19)24(25,26)27/h2-15,23,30H,1H3,(H,28,29). The predicted molar refractivity (Wildman–Crippen MR) is 115 cm³/mol. The van der Waals surface area contributed by atoms with E-state index in [1.54, 1.807) is 55.8 Å². The number of nitrogens with zero attached hydrogens (tertiary/aromatic N) is 1. The van der Waals surface area contributed by atoms with Gasteiger partial charge in [-0.1, -0.05) is 30.3 Å². The molecule has 32 heavy (non-hydrogen) atoms. The molecule has 1 atom stereocenters. The van der Waals surface area contributed by atoms with Crippen LogP contribution in [0.25, 0.3) is 0 Å². The third-order valence-corrected chi connectivity index (χ3v) is 4.89. The Balaban J connectivity index is 1.61. The van der Waals surface area contributed by atoms with Gasteiger partial charge in [0.15, 0.2) is 11.5 Å². The number of rotatable bonds is 7. The Morgan fingerprint density at radius 1 is 0.906 bits per heavy atom. The van der Waals surface area contributed by atoms with Gasteiger partial charge >= 0.3 is 6.18 Å². The van der Waals surface area contributed by atoms with Gasteiger partial charge in [-0.3, -0.25) is 5.10 Å². The normalized spacial score (nSPS) is 12.2. The molecule has 8 heteroatoms. The molecule has 5 nitrogen and oxygen atoms in total. The fourth-order valence-electron chi connectivity index (χ4n) is 3.38. The number of nitrogens with one attached hydrogen (secondary N) is 2. The molecule has 4 aromatic rings. The van der Waals surface area contributed by atoms with E-state index in [-0.39, 0.29) is 5.56 Å². The number of hydrogen-bond acceptors (Lipinski definition) is 4.